The molecule has 0 heterocycles. The SMILES string of the molecule is COc1c(C)ccc(C)c1CC(C)(C)C(=O)O. The second-order valence-electron chi connectivity index (χ2n) is 5.08. The van der Waals surface area contributed by atoms with Crippen molar-refractivity contribution in [1.82, 2.24) is 0 Å². The number of hydrogen-bond donors (Lipinski definition) is 1. The van der Waals surface area contributed by atoms with E-state index in [9.17, 15) is 9.90 Å². The molecule has 0 aromatic heterocycles. The van der Waals surface area contributed by atoms with Crippen LogP contribution in [0.5, 0.6) is 5.75 Å². The van der Waals surface area contributed by atoms with Crippen molar-refractivity contribution < 1.29 is 14.6 Å². The van der Waals surface area contributed by atoms with E-state index in [0.717, 1.165) is 22.4 Å². The molecule has 1 aromatic carbocycles. The molecule has 3 heteroatoms. The molecule has 1 rings (SSSR count). The zero-order valence-corrected chi connectivity index (χ0v) is 11.1. The Kier molecular flexibility index (Phi) is 3.81. The number of carboxylic acids is 1. The van der Waals surface area contributed by atoms with Crippen molar-refractivity contribution in [2.75, 3.05) is 7.11 Å². The Morgan fingerprint density at radius 2 is 1.82 bits per heavy atom. The molecule has 1 aromatic rings. The number of ether oxygens (including phenoxy) is 1. The van der Waals surface area contributed by atoms with Crippen LogP contribution in [0.25, 0.3) is 0 Å². The Bertz CT molecular complexity index is 433. The second kappa shape index (κ2) is 4.78. The largest absolute Gasteiger partial charge is 0.496 e. The number of methoxy groups -OCH3 is 1. The summed E-state index contributed by atoms with van der Waals surface area (Å²) in [5.74, 6) is 0.0137. The van der Waals surface area contributed by atoms with Crippen molar-refractivity contribution in [2.45, 2.75) is 34.1 Å². The number of hydrogen-bond acceptors (Lipinski definition) is 2. The monoisotopic (exact) mass is 236 g/mol. The van der Waals surface area contributed by atoms with Gasteiger partial charge in [-0.3, -0.25) is 4.79 Å². The summed E-state index contributed by atoms with van der Waals surface area (Å²) in [5, 5.41) is 9.19. The predicted molar refractivity (Wildman–Crippen MR) is 67.6 cm³/mol. The predicted octanol–water partition coefficient (Wildman–Crippen LogP) is 2.97. The Balaban J connectivity index is 3.22. The standard InChI is InChI=1S/C14H20O3/c1-9-6-7-10(2)12(17-5)11(9)8-14(3,4)13(15)16/h6-7H,8H2,1-5H3,(H,15,16). The van der Waals surface area contributed by atoms with Gasteiger partial charge >= 0.3 is 5.97 Å². The molecule has 0 saturated carbocycles. The van der Waals surface area contributed by atoms with Crippen LogP contribution in [-0.4, -0.2) is 18.2 Å². The van der Waals surface area contributed by atoms with E-state index in [1.165, 1.54) is 0 Å². The van der Waals surface area contributed by atoms with Gasteiger partial charge in [-0.05, 0) is 50.8 Å². The highest BCUT2D eigenvalue weighted by Crippen LogP contribution is 2.32. The first kappa shape index (κ1) is 13.6. The minimum Gasteiger partial charge on any atom is -0.496 e. The van der Waals surface area contributed by atoms with Crippen LogP contribution in [0.2, 0.25) is 0 Å². The van der Waals surface area contributed by atoms with Gasteiger partial charge in [0.2, 0.25) is 0 Å². The summed E-state index contributed by atoms with van der Waals surface area (Å²) in [4.78, 5) is 11.2. The summed E-state index contributed by atoms with van der Waals surface area (Å²) >= 11 is 0. The maximum atomic E-state index is 11.2. The summed E-state index contributed by atoms with van der Waals surface area (Å²) in [6.07, 6.45) is 0.471. The topological polar surface area (TPSA) is 46.5 Å². The third kappa shape index (κ3) is 2.78. The van der Waals surface area contributed by atoms with E-state index in [2.05, 4.69) is 0 Å². The van der Waals surface area contributed by atoms with Crippen LogP contribution in [0, 0.1) is 19.3 Å². The van der Waals surface area contributed by atoms with Crippen LogP contribution in [-0.2, 0) is 11.2 Å². The van der Waals surface area contributed by atoms with Gasteiger partial charge in [-0.25, -0.2) is 0 Å². The fourth-order valence-corrected chi connectivity index (χ4v) is 1.86. The lowest BCUT2D eigenvalue weighted by atomic mass is 9.83. The van der Waals surface area contributed by atoms with E-state index < -0.39 is 11.4 Å². The van der Waals surface area contributed by atoms with Gasteiger partial charge < -0.3 is 9.84 Å². The van der Waals surface area contributed by atoms with Crippen molar-refractivity contribution >= 4 is 5.97 Å². The lowest BCUT2D eigenvalue weighted by Gasteiger charge is -2.22. The van der Waals surface area contributed by atoms with Gasteiger partial charge in [0, 0.05) is 0 Å². The molecule has 0 spiro atoms. The first-order valence-corrected chi connectivity index (χ1v) is 5.66. The van der Waals surface area contributed by atoms with E-state index in [1.54, 1.807) is 21.0 Å². The van der Waals surface area contributed by atoms with Crippen LogP contribution in [0.3, 0.4) is 0 Å². The van der Waals surface area contributed by atoms with Crippen molar-refractivity contribution in [3.8, 4) is 5.75 Å². The zero-order valence-electron chi connectivity index (χ0n) is 11.1. The number of rotatable bonds is 4. The van der Waals surface area contributed by atoms with E-state index in [1.807, 2.05) is 26.0 Å². The minimum atomic E-state index is -0.791. The number of carbonyl (C=O) groups is 1. The fraction of sp³-hybridized carbons (Fsp3) is 0.500. The Labute approximate surface area is 102 Å². The van der Waals surface area contributed by atoms with Crippen molar-refractivity contribution in [2.24, 2.45) is 5.41 Å². The van der Waals surface area contributed by atoms with Crippen LogP contribution < -0.4 is 4.74 Å². The van der Waals surface area contributed by atoms with E-state index >= 15 is 0 Å². The molecule has 0 amide bonds. The smallest absolute Gasteiger partial charge is 0.309 e. The van der Waals surface area contributed by atoms with E-state index in [4.69, 9.17) is 4.74 Å². The first-order valence-electron chi connectivity index (χ1n) is 5.66. The van der Waals surface area contributed by atoms with Gasteiger partial charge in [-0.1, -0.05) is 12.1 Å². The van der Waals surface area contributed by atoms with Crippen LogP contribution in [0.4, 0.5) is 0 Å². The number of carboxylic acid groups (broad SMARTS) is 1. The molecule has 0 aliphatic heterocycles. The van der Waals surface area contributed by atoms with Gasteiger partial charge in [0.1, 0.15) is 5.75 Å². The summed E-state index contributed by atoms with van der Waals surface area (Å²) in [6, 6.07) is 4.00. The molecule has 0 aliphatic rings. The van der Waals surface area contributed by atoms with Gasteiger partial charge in [-0.15, -0.1) is 0 Å². The van der Waals surface area contributed by atoms with Crippen LogP contribution >= 0.6 is 0 Å². The van der Waals surface area contributed by atoms with Crippen LogP contribution in [0.1, 0.15) is 30.5 Å². The van der Waals surface area contributed by atoms with Gasteiger partial charge in [0.15, 0.2) is 0 Å². The average molecular weight is 236 g/mol. The molecule has 94 valence electrons. The quantitative estimate of drug-likeness (QED) is 0.874. The molecular weight excluding hydrogens is 216 g/mol. The summed E-state index contributed by atoms with van der Waals surface area (Å²) < 4.78 is 5.39. The molecule has 17 heavy (non-hydrogen) atoms. The highest BCUT2D eigenvalue weighted by Gasteiger charge is 2.29. The molecule has 0 saturated heterocycles. The molecular formula is C14H20O3. The Hall–Kier alpha value is -1.51. The fourth-order valence-electron chi connectivity index (χ4n) is 1.86. The number of benzene rings is 1. The Morgan fingerprint density at radius 3 is 2.29 bits per heavy atom. The zero-order chi connectivity index (χ0) is 13.2. The maximum absolute atomic E-state index is 11.2. The molecule has 0 atom stereocenters. The molecule has 3 nitrogen and oxygen atoms in total. The van der Waals surface area contributed by atoms with E-state index in [0.29, 0.717) is 6.42 Å². The highest BCUT2D eigenvalue weighted by molar-refractivity contribution is 5.74. The normalized spacial score (nSPS) is 11.4. The minimum absolute atomic E-state index is 0.471. The molecule has 1 N–H and O–H groups in total. The van der Waals surface area contributed by atoms with Gasteiger partial charge in [-0.2, -0.15) is 0 Å². The third-order valence-electron chi connectivity index (χ3n) is 3.09. The molecule has 0 bridgehead atoms. The van der Waals surface area contributed by atoms with Crippen molar-refractivity contribution in [1.29, 1.82) is 0 Å². The van der Waals surface area contributed by atoms with Crippen LogP contribution in [0.15, 0.2) is 12.1 Å². The van der Waals surface area contributed by atoms with Crippen molar-refractivity contribution in [3.05, 3.63) is 28.8 Å². The lowest BCUT2D eigenvalue weighted by molar-refractivity contribution is -0.146. The molecule has 0 radical (unpaired) electrons. The van der Waals surface area contributed by atoms with Gasteiger partial charge in [0.05, 0.1) is 12.5 Å². The molecule has 0 fully saturated rings. The summed E-state index contributed by atoms with van der Waals surface area (Å²) in [6.45, 7) is 7.41. The third-order valence-corrected chi connectivity index (χ3v) is 3.09. The second-order valence-corrected chi connectivity index (χ2v) is 5.08. The summed E-state index contributed by atoms with van der Waals surface area (Å²) in [7, 11) is 1.62. The molecule has 0 aliphatic carbocycles. The maximum Gasteiger partial charge on any atom is 0.309 e. The highest BCUT2D eigenvalue weighted by atomic mass is 16.5. The van der Waals surface area contributed by atoms with Crippen molar-refractivity contribution in [3.63, 3.8) is 0 Å². The van der Waals surface area contributed by atoms with E-state index in [-0.39, 0.29) is 0 Å². The summed E-state index contributed by atoms with van der Waals surface area (Å²) in [5.41, 5.74) is 2.31. The molecule has 0 unspecified atom stereocenters. The number of aliphatic carboxylic acids is 1. The number of aryl methyl sites for hydroxylation is 2. The lowest BCUT2D eigenvalue weighted by Crippen LogP contribution is -2.26. The average Bonchev–Trinajstić information content (AvgIpc) is 2.23. The Morgan fingerprint density at radius 1 is 1.29 bits per heavy atom. The van der Waals surface area contributed by atoms with Gasteiger partial charge in [0.25, 0.3) is 0 Å². The first-order chi connectivity index (χ1) is 7.79.